The Morgan fingerprint density at radius 1 is 1.50 bits per heavy atom. The van der Waals surface area contributed by atoms with Crippen molar-refractivity contribution < 1.29 is 19.5 Å². The molecule has 0 aromatic carbocycles. The molecule has 3 fully saturated rings. The van der Waals surface area contributed by atoms with Crippen LogP contribution in [0.4, 0.5) is 0 Å². The van der Waals surface area contributed by atoms with Crippen LogP contribution >= 0.6 is 23.5 Å². The van der Waals surface area contributed by atoms with Gasteiger partial charge in [0, 0.05) is 23.4 Å². The maximum Gasteiger partial charge on any atom is 0.352 e. The van der Waals surface area contributed by atoms with Crippen molar-refractivity contribution >= 4 is 41.3 Å². The van der Waals surface area contributed by atoms with E-state index >= 15 is 0 Å². The van der Waals surface area contributed by atoms with Gasteiger partial charge in [-0.3, -0.25) is 14.5 Å². The highest BCUT2D eigenvalue weighted by Crippen LogP contribution is 2.55. The van der Waals surface area contributed by atoms with Gasteiger partial charge in [0.25, 0.3) is 0 Å². The molecule has 0 bridgehead atoms. The molecular formula is C13H17N3O4S2. The van der Waals surface area contributed by atoms with Crippen molar-refractivity contribution in [2.45, 2.75) is 36.1 Å². The summed E-state index contributed by atoms with van der Waals surface area (Å²) >= 11 is 2.92. The molecule has 0 aromatic rings. The number of carboxylic acid groups (broad SMARTS) is 1. The molecule has 0 unspecified atom stereocenters. The fourth-order valence-corrected chi connectivity index (χ4v) is 5.53. The van der Waals surface area contributed by atoms with E-state index in [0.29, 0.717) is 13.0 Å². The van der Waals surface area contributed by atoms with E-state index in [4.69, 9.17) is 0 Å². The first-order chi connectivity index (χ1) is 10.3. The van der Waals surface area contributed by atoms with Gasteiger partial charge in [-0.15, -0.1) is 23.5 Å². The zero-order chi connectivity index (χ0) is 16.1. The number of hydrogen-bond acceptors (Lipinski definition) is 6. The van der Waals surface area contributed by atoms with E-state index in [1.807, 2.05) is 0 Å². The lowest BCUT2D eigenvalue weighted by molar-refractivity contribution is -0.172. The molecule has 3 saturated heterocycles. The lowest BCUT2D eigenvalue weighted by Crippen LogP contribution is -2.74. The van der Waals surface area contributed by atoms with Gasteiger partial charge in [-0.2, -0.15) is 0 Å². The third-order valence-electron chi connectivity index (χ3n) is 4.13. The molecule has 2 atom stereocenters. The van der Waals surface area contributed by atoms with E-state index in [1.165, 1.54) is 34.5 Å². The van der Waals surface area contributed by atoms with Crippen molar-refractivity contribution in [3.63, 3.8) is 0 Å². The Hall–Kier alpha value is -1.19. The Balaban J connectivity index is 1.91. The van der Waals surface area contributed by atoms with Crippen LogP contribution < -0.4 is 10.6 Å². The molecule has 9 heteroatoms. The maximum absolute atomic E-state index is 12.3. The van der Waals surface area contributed by atoms with E-state index in [0.717, 1.165) is 10.8 Å². The van der Waals surface area contributed by atoms with Crippen LogP contribution in [0, 0.1) is 0 Å². The van der Waals surface area contributed by atoms with Gasteiger partial charge in [-0.25, -0.2) is 4.79 Å². The smallest absolute Gasteiger partial charge is 0.352 e. The maximum atomic E-state index is 12.3. The molecule has 120 valence electrons. The van der Waals surface area contributed by atoms with Crippen LogP contribution in [0.2, 0.25) is 0 Å². The fraction of sp³-hybridized carbons (Fsp3) is 0.615. The lowest BCUT2D eigenvalue weighted by Gasteiger charge is -2.46. The zero-order valence-electron chi connectivity index (χ0n) is 12.2. The monoisotopic (exact) mass is 343 g/mol. The summed E-state index contributed by atoms with van der Waals surface area (Å²) in [5.74, 6) is -1.19. The van der Waals surface area contributed by atoms with Crippen molar-refractivity contribution in [3.8, 4) is 0 Å². The Bertz CT molecular complexity index is 584. The molecule has 3 aliphatic rings. The quantitative estimate of drug-likeness (QED) is 0.495. The Labute approximate surface area is 136 Å². The van der Waals surface area contributed by atoms with Gasteiger partial charge in [-0.05, 0) is 13.8 Å². The Morgan fingerprint density at radius 3 is 2.77 bits per heavy atom. The molecule has 0 radical (unpaired) electrons. The number of thioether (sulfide) groups is 2. The van der Waals surface area contributed by atoms with Crippen LogP contribution in [0.3, 0.4) is 0 Å². The summed E-state index contributed by atoms with van der Waals surface area (Å²) in [6.45, 7) is 4.09. The van der Waals surface area contributed by atoms with Crippen molar-refractivity contribution in [1.29, 1.82) is 0 Å². The number of rotatable bonds is 3. The van der Waals surface area contributed by atoms with Crippen LogP contribution in [0.5, 0.6) is 0 Å². The first-order valence-corrected chi connectivity index (χ1v) is 8.74. The largest absolute Gasteiger partial charge is 0.478 e. The molecule has 3 N–H and O–H groups in total. The van der Waals surface area contributed by atoms with Gasteiger partial charge >= 0.3 is 5.97 Å². The normalized spacial score (nSPS) is 34.5. The first-order valence-electron chi connectivity index (χ1n) is 6.87. The number of amides is 2. The standard InChI is InChI=1S/C13H17N3O4S2/c1-12(2)13(11(19)20,16-9(18)4-10(16)22-12)15-8(17)3-7-5-14-6-21-7/h3,10,14H,4-6H2,1-2H3,(H,15,17)(H,19,20)/t10-,13+/m1/s1. The second-order valence-corrected chi connectivity index (χ2v) is 8.78. The predicted octanol–water partition coefficient (Wildman–Crippen LogP) is 0.145. The third-order valence-corrected chi connectivity index (χ3v) is 6.65. The topological polar surface area (TPSA) is 98.7 Å². The number of nitrogens with zero attached hydrogens (tertiary/aromatic N) is 1. The number of carbonyl (C=O) groups excluding carboxylic acids is 2. The lowest BCUT2D eigenvalue weighted by atomic mass is 9.90. The predicted molar refractivity (Wildman–Crippen MR) is 84.0 cm³/mol. The van der Waals surface area contributed by atoms with Crippen molar-refractivity contribution in [2.24, 2.45) is 0 Å². The second-order valence-electron chi connectivity index (χ2n) is 5.88. The molecule has 3 rings (SSSR count). The molecule has 22 heavy (non-hydrogen) atoms. The van der Waals surface area contributed by atoms with Crippen LogP contribution in [0.1, 0.15) is 20.3 Å². The van der Waals surface area contributed by atoms with Gasteiger partial charge in [0.15, 0.2) is 0 Å². The molecule has 2 amide bonds. The Morgan fingerprint density at radius 2 is 2.23 bits per heavy atom. The van der Waals surface area contributed by atoms with Crippen LogP contribution in [-0.2, 0) is 14.4 Å². The van der Waals surface area contributed by atoms with Crippen molar-refractivity contribution in [1.82, 2.24) is 15.5 Å². The van der Waals surface area contributed by atoms with E-state index in [-0.39, 0.29) is 11.3 Å². The SMILES string of the molecule is CC1(C)S[C@@H]2CC(=O)N2[C@@]1(NC(=O)C=C1CNCS1)C(=O)O. The fourth-order valence-electron chi connectivity index (χ4n) is 3.05. The van der Waals surface area contributed by atoms with Gasteiger partial charge in [0.2, 0.25) is 17.5 Å². The van der Waals surface area contributed by atoms with E-state index in [2.05, 4.69) is 10.6 Å². The highest BCUT2D eigenvalue weighted by Gasteiger charge is 2.70. The van der Waals surface area contributed by atoms with E-state index < -0.39 is 22.3 Å². The van der Waals surface area contributed by atoms with Gasteiger partial charge in [-0.1, -0.05) is 0 Å². The molecule has 7 nitrogen and oxygen atoms in total. The number of hydrogen-bond donors (Lipinski definition) is 3. The zero-order valence-corrected chi connectivity index (χ0v) is 13.8. The van der Waals surface area contributed by atoms with Crippen LogP contribution in [0.15, 0.2) is 11.0 Å². The van der Waals surface area contributed by atoms with E-state index in [1.54, 1.807) is 13.8 Å². The molecule has 0 aliphatic carbocycles. The van der Waals surface area contributed by atoms with E-state index in [9.17, 15) is 19.5 Å². The minimum Gasteiger partial charge on any atom is -0.478 e. The summed E-state index contributed by atoms with van der Waals surface area (Å²) < 4.78 is -0.815. The highest BCUT2D eigenvalue weighted by molar-refractivity contribution is 8.03. The first kappa shape index (κ1) is 15.7. The highest BCUT2D eigenvalue weighted by atomic mass is 32.2. The number of β-lactam (4-membered cyclic amide) rings is 1. The average molecular weight is 343 g/mol. The number of nitrogens with one attached hydrogen (secondary N) is 2. The number of fused-ring (bicyclic) bond motifs is 1. The summed E-state index contributed by atoms with van der Waals surface area (Å²) in [6.07, 6.45) is 1.73. The molecule has 0 saturated carbocycles. The Kier molecular flexibility index (Phi) is 3.69. The number of aliphatic carboxylic acids is 1. The number of carboxylic acids is 1. The van der Waals surface area contributed by atoms with Crippen LogP contribution in [0.25, 0.3) is 0 Å². The van der Waals surface area contributed by atoms with Gasteiger partial charge in [0.05, 0.1) is 16.5 Å². The van der Waals surface area contributed by atoms with Gasteiger partial charge < -0.3 is 15.7 Å². The molecule has 0 aromatic heterocycles. The van der Waals surface area contributed by atoms with Crippen molar-refractivity contribution in [2.75, 3.05) is 12.4 Å². The third kappa shape index (κ3) is 2.14. The average Bonchev–Trinajstić information content (AvgIpc) is 2.94. The van der Waals surface area contributed by atoms with Crippen LogP contribution in [-0.4, -0.2) is 56.0 Å². The molecule has 0 spiro atoms. The molecular weight excluding hydrogens is 326 g/mol. The summed E-state index contributed by atoms with van der Waals surface area (Å²) in [5.41, 5.74) is -1.71. The minimum atomic E-state index is -1.71. The number of carbonyl (C=O) groups is 3. The summed E-state index contributed by atoms with van der Waals surface area (Å²) in [5, 5.41) is 15.3. The summed E-state index contributed by atoms with van der Waals surface area (Å²) in [6, 6.07) is 0. The van der Waals surface area contributed by atoms with Crippen molar-refractivity contribution in [3.05, 3.63) is 11.0 Å². The molecule has 3 aliphatic heterocycles. The second kappa shape index (κ2) is 5.17. The minimum absolute atomic E-state index is 0.186. The molecule has 3 heterocycles. The summed E-state index contributed by atoms with van der Waals surface area (Å²) in [4.78, 5) is 38.4. The van der Waals surface area contributed by atoms with Gasteiger partial charge in [0.1, 0.15) is 0 Å². The summed E-state index contributed by atoms with van der Waals surface area (Å²) in [7, 11) is 0.